The highest BCUT2D eigenvalue weighted by molar-refractivity contribution is 7.09. The molecule has 1 heterocycles. The summed E-state index contributed by atoms with van der Waals surface area (Å²) in [6.45, 7) is 4.28. The molecule has 1 aromatic rings. The standard InChI is InChI=1S/C12H19NOS/c1-9-3-5-12(14,6-4-9)7-11-13-10(2)8-15-11/h8-9,14H,3-7H2,1-2H3. The molecule has 0 atom stereocenters. The van der Waals surface area contributed by atoms with Crippen LogP contribution in [0.5, 0.6) is 0 Å². The zero-order chi connectivity index (χ0) is 10.9. The van der Waals surface area contributed by atoms with Gasteiger partial charge in [-0.1, -0.05) is 6.92 Å². The van der Waals surface area contributed by atoms with Crippen LogP contribution in [0.15, 0.2) is 5.38 Å². The number of aromatic nitrogens is 1. The van der Waals surface area contributed by atoms with Crippen LogP contribution in [0, 0.1) is 12.8 Å². The van der Waals surface area contributed by atoms with Crippen molar-refractivity contribution in [3.05, 3.63) is 16.1 Å². The van der Waals surface area contributed by atoms with Gasteiger partial charge in [-0.3, -0.25) is 0 Å². The minimum Gasteiger partial charge on any atom is -0.389 e. The lowest BCUT2D eigenvalue weighted by atomic mass is 9.78. The maximum Gasteiger partial charge on any atom is 0.0956 e. The van der Waals surface area contributed by atoms with Gasteiger partial charge in [0.25, 0.3) is 0 Å². The highest BCUT2D eigenvalue weighted by atomic mass is 32.1. The Morgan fingerprint density at radius 2 is 2.20 bits per heavy atom. The Morgan fingerprint density at radius 1 is 1.53 bits per heavy atom. The molecule has 2 rings (SSSR count). The molecule has 1 aliphatic rings. The molecule has 0 radical (unpaired) electrons. The SMILES string of the molecule is Cc1csc(CC2(O)CCC(C)CC2)n1. The van der Waals surface area contributed by atoms with Crippen molar-refractivity contribution >= 4 is 11.3 Å². The van der Waals surface area contributed by atoms with Crippen molar-refractivity contribution in [1.29, 1.82) is 0 Å². The van der Waals surface area contributed by atoms with Crippen LogP contribution in [0.4, 0.5) is 0 Å². The summed E-state index contributed by atoms with van der Waals surface area (Å²) in [6.07, 6.45) is 4.93. The lowest BCUT2D eigenvalue weighted by Gasteiger charge is -2.34. The maximum absolute atomic E-state index is 10.4. The number of rotatable bonds is 2. The molecule has 0 saturated heterocycles. The van der Waals surface area contributed by atoms with Crippen LogP contribution >= 0.6 is 11.3 Å². The van der Waals surface area contributed by atoms with Crippen LogP contribution in [-0.2, 0) is 6.42 Å². The molecule has 2 nitrogen and oxygen atoms in total. The first kappa shape index (κ1) is 11.1. The molecule has 1 N–H and O–H groups in total. The van der Waals surface area contributed by atoms with E-state index in [0.717, 1.165) is 48.7 Å². The van der Waals surface area contributed by atoms with Gasteiger partial charge < -0.3 is 5.11 Å². The molecule has 15 heavy (non-hydrogen) atoms. The molecule has 0 unspecified atom stereocenters. The van der Waals surface area contributed by atoms with Crippen molar-refractivity contribution in [1.82, 2.24) is 4.98 Å². The summed E-state index contributed by atoms with van der Waals surface area (Å²) in [5, 5.41) is 13.6. The summed E-state index contributed by atoms with van der Waals surface area (Å²) in [5.74, 6) is 0.781. The van der Waals surface area contributed by atoms with E-state index >= 15 is 0 Å². The molecule has 0 aromatic carbocycles. The van der Waals surface area contributed by atoms with Crippen LogP contribution < -0.4 is 0 Å². The predicted octanol–water partition coefficient (Wildman–Crippen LogP) is 2.94. The van der Waals surface area contributed by atoms with Crippen molar-refractivity contribution in [2.24, 2.45) is 5.92 Å². The van der Waals surface area contributed by atoms with Gasteiger partial charge in [0, 0.05) is 17.5 Å². The van der Waals surface area contributed by atoms with Crippen molar-refractivity contribution in [3.63, 3.8) is 0 Å². The van der Waals surface area contributed by atoms with Gasteiger partial charge in [0.2, 0.25) is 0 Å². The van der Waals surface area contributed by atoms with E-state index in [1.807, 2.05) is 6.92 Å². The summed E-state index contributed by atoms with van der Waals surface area (Å²) < 4.78 is 0. The Kier molecular flexibility index (Phi) is 3.12. The first-order valence-corrected chi connectivity index (χ1v) is 6.59. The van der Waals surface area contributed by atoms with Gasteiger partial charge in [-0.15, -0.1) is 11.3 Å². The number of aliphatic hydroxyl groups is 1. The molecule has 1 aliphatic carbocycles. The molecule has 1 saturated carbocycles. The maximum atomic E-state index is 10.4. The minimum absolute atomic E-state index is 0.475. The highest BCUT2D eigenvalue weighted by Crippen LogP contribution is 2.34. The molecule has 3 heteroatoms. The van der Waals surface area contributed by atoms with Crippen LogP contribution in [0.25, 0.3) is 0 Å². The first-order valence-electron chi connectivity index (χ1n) is 5.71. The number of hydrogen-bond donors (Lipinski definition) is 1. The van der Waals surface area contributed by atoms with Gasteiger partial charge in [0.15, 0.2) is 0 Å². The fourth-order valence-corrected chi connectivity index (χ4v) is 3.15. The Bertz CT molecular complexity index is 326. The molecule has 0 bridgehead atoms. The second-order valence-electron chi connectivity index (χ2n) is 4.97. The van der Waals surface area contributed by atoms with E-state index in [1.165, 1.54) is 0 Å². The summed E-state index contributed by atoms with van der Waals surface area (Å²) in [5.41, 5.74) is 0.597. The average molecular weight is 225 g/mol. The van der Waals surface area contributed by atoms with E-state index < -0.39 is 5.60 Å². The third-order valence-corrected chi connectivity index (χ3v) is 4.32. The second-order valence-corrected chi connectivity index (χ2v) is 5.91. The van der Waals surface area contributed by atoms with Gasteiger partial charge in [-0.25, -0.2) is 4.98 Å². The summed E-state index contributed by atoms with van der Waals surface area (Å²) in [7, 11) is 0. The van der Waals surface area contributed by atoms with E-state index in [9.17, 15) is 5.11 Å². The predicted molar refractivity (Wildman–Crippen MR) is 63.1 cm³/mol. The van der Waals surface area contributed by atoms with E-state index in [-0.39, 0.29) is 0 Å². The highest BCUT2D eigenvalue weighted by Gasteiger charge is 2.32. The third kappa shape index (κ3) is 2.79. The number of nitrogens with zero attached hydrogens (tertiary/aromatic N) is 1. The monoisotopic (exact) mass is 225 g/mol. The molecular formula is C12H19NOS. The zero-order valence-electron chi connectivity index (χ0n) is 9.49. The molecule has 1 fully saturated rings. The van der Waals surface area contributed by atoms with E-state index in [1.54, 1.807) is 11.3 Å². The first-order chi connectivity index (χ1) is 7.07. The van der Waals surface area contributed by atoms with Gasteiger partial charge in [-0.05, 0) is 38.5 Å². The lowest BCUT2D eigenvalue weighted by molar-refractivity contribution is -0.00671. The topological polar surface area (TPSA) is 33.1 Å². The van der Waals surface area contributed by atoms with Gasteiger partial charge in [-0.2, -0.15) is 0 Å². The van der Waals surface area contributed by atoms with E-state index in [0.29, 0.717) is 0 Å². The molecule has 1 aromatic heterocycles. The number of aryl methyl sites for hydroxylation is 1. The summed E-state index contributed by atoms with van der Waals surface area (Å²) in [4.78, 5) is 4.43. The average Bonchev–Trinajstić information content (AvgIpc) is 2.57. The molecule has 84 valence electrons. The van der Waals surface area contributed by atoms with Crippen molar-refractivity contribution in [2.75, 3.05) is 0 Å². The van der Waals surface area contributed by atoms with Gasteiger partial charge in [0.1, 0.15) is 0 Å². The third-order valence-electron chi connectivity index (χ3n) is 3.35. The Morgan fingerprint density at radius 3 is 2.73 bits per heavy atom. The normalized spacial score (nSPS) is 31.8. The van der Waals surface area contributed by atoms with Gasteiger partial charge >= 0.3 is 0 Å². The van der Waals surface area contributed by atoms with Crippen LogP contribution in [0.3, 0.4) is 0 Å². The smallest absolute Gasteiger partial charge is 0.0956 e. The zero-order valence-corrected chi connectivity index (χ0v) is 10.3. The Labute approximate surface area is 95.4 Å². The molecule has 0 aliphatic heterocycles. The minimum atomic E-state index is -0.475. The largest absolute Gasteiger partial charge is 0.389 e. The molecule has 0 spiro atoms. The number of hydrogen-bond acceptors (Lipinski definition) is 3. The fourth-order valence-electron chi connectivity index (χ4n) is 2.24. The number of thiazole rings is 1. The summed E-state index contributed by atoms with van der Waals surface area (Å²) >= 11 is 1.67. The van der Waals surface area contributed by atoms with E-state index in [4.69, 9.17) is 0 Å². The Balaban J connectivity index is 1.99. The fraction of sp³-hybridized carbons (Fsp3) is 0.750. The van der Waals surface area contributed by atoms with Crippen molar-refractivity contribution in [3.8, 4) is 0 Å². The van der Waals surface area contributed by atoms with Crippen molar-refractivity contribution in [2.45, 2.75) is 51.6 Å². The second kappa shape index (κ2) is 4.22. The van der Waals surface area contributed by atoms with Crippen LogP contribution in [-0.4, -0.2) is 15.7 Å². The Hall–Kier alpha value is -0.410. The van der Waals surface area contributed by atoms with E-state index in [2.05, 4.69) is 17.3 Å². The summed E-state index contributed by atoms with van der Waals surface area (Å²) in [6, 6.07) is 0. The van der Waals surface area contributed by atoms with Crippen LogP contribution in [0.2, 0.25) is 0 Å². The van der Waals surface area contributed by atoms with Crippen LogP contribution in [0.1, 0.15) is 43.3 Å². The van der Waals surface area contributed by atoms with Gasteiger partial charge in [0.05, 0.1) is 10.6 Å². The molecule has 0 amide bonds. The molecular weight excluding hydrogens is 206 g/mol. The quantitative estimate of drug-likeness (QED) is 0.839. The lowest BCUT2D eigenvalue weighted by Crippen LogP contribution is -2.35. The van der Waals surface area contributed by atoms with Crippen molar-refractivity contribution < 1.29 is 5.11 Å².